The van der Waals surface area contributed by atoms with Gasteiger partial charge in [0.25, 0.3) is 0 Å². The number of hydrogen-bond acceptors (Lipinski definition) is 1. The highest BCUT2D eigenvalue weighted by atomic mass is 19.1. The van der Waals surface area contributed by atoms with Crippen molar-refractivity contribution in [2.45, 2.75) is 26.2 Å². The molecule has 0 unspecified atom stereocenters. The van der Waals surface area contributed by atoms with Gasteiger partial charge >= 0.3 is 0 Å². The third-order valence-corrected chi connectivity index (χ3v) is 4.35. The van der Waals surface area contributed by atoms with Gasteiger partial charge < -0.3 is 4.74 Å². The molecule has 0 aliphatic heterocycles. The Morgan fingerprint density at radius 3 is 2.28 bits per heavy atom. The zero-order chi connectivity index (χ0) is 18.0. The third-order valence-electron chi connectivity index (χ3n) is 4.35. The zero-order valence-corrected chi connectivity index (χ0v) is 14.2. The first-order valence-corrected chi connectivity index (χ1v) is 8.29. The van der Waals surface area contributed by atoms with Crippen molar-refractivity contribution in [1.29, 1.82) is 0 Å². The Hall–Kier alpha value is -2.49. The number of halogens is 3. The number of benzene rings is 3. The molecule has 3 rings (SSSR count). The molecule has 0 radical (unpaired) electrons. The average Bonchev–Trinajstić information content (AvgIpc) is 2.60. The van der Waals surface area contributed by atoms with E-state index in [4.69, 9.17) is 0 Å². The summed E-state index contributed by atoms with van der Waals surface area (Å²) in [5, 5.41) is 1.22. The highest BCUT2D eigenvalue weighted by Gasteiger charge is 2.16. The van der Waals surface area contributed by atoms with E-state index in [2.05, 4.69) is 11.7 Å². The van der Waals surface area contributed by atoms with Gasteiger partial charge in [0.15, 0.2) is 17.4 Å². The summed E-state index contributed by atoms with van der Waals surface area (Å²) in [5.74, 6) is -2.66. The summed E-state index contributed by atoms with van der Waals surface area (Å²) < 4.78 is 47.4. The van der Waals surface area contributed by atoms with Crippen molar-refractivity contribution in [3.63, 3.8) is 0 Å². The van der Waals surface area contributed by atoms with E-state index < -0.39 is 23.2 Å². The Kier molecular flexibility index (Phi) is 4.98. The summed E-state index contributed by atoms with van der Waals surface area (Å²) in [6.07, 6.45) is 3.13. The van der Waals surface area contributed by atoms with Gasteiger partial charge in [0, 0.05) is 10.9 Å². The van der Waals surface area contributed by atoms with Crippen LogP contribution in [-0.4, -0.2) is 7.11 Å². The van der Waals surface area contributed by atoms with Crippen LogP contribution in [0.1, 0.15) is 25.3 Å². The molecule has 0 aliphatic carbocycles. The first-order valence-electron chi connectivity index (χ1n) is 8.29. The van der Waals surface area contributed by atoms with Crippen molar-refractivity contribution in [3.05, 3.63) is 65.5 Å². The summed E-state index contributed by atoms with van der Waals surface area (Å²) in [4.78, 5) is 0. The molecular formula is C21H19F3O. The van der Waals surface area contributed by atoms with Gasteiger partial charge in [-0.15, -0.1) is 0 Å². The van der Waals surface area contributed by atoms with Gasteiger partial charge in [0.1, 0.15) is 5.82 Å². The summed E-state index contributed by atoms with van der Waals surface area (Å²) in [6.45, 7) is 2.13. The standard InChI is InChI=1S/C21H19F3O/c1-3-4-5-13-6-8-16-14(10-13)7-9-17(20(16)24)15-11-18(22)21(25-2)19(23)12-15/h6-12H,3-5H2,1-2H3. The molecule has 0 amide bonds. The van der Waals surface area contributed by atoms with E-state index in [0.717, 1.165) is 42.3 Å². The Balaban J connectivity index is 2.08. The highest BCUT2D eigenvalue weighted by Crippen LogP contribution is 2.33. The number of fused-ring (bicyclic) bond motifs is 1. The predicted molar refractivity (Wildman–Crippen MR) is 94.4 cm³/mol. The van der Waals surface area contributed by atoms with E-state index in [9.17, 15) is 13.2 Å². The molecule has 0 atom stereocenters. The molecular weight excluding hydrogens is 325 g/mol. The number of aryl methyl sites for hydroxylation is 1. The Morgan fingerprint density at radius 1 is 0.920 bits per heavy atom. The van der Waals surface area contributed by atoms with E-state index in [1.54, 1.807) is 18.2 Å². The van der Waals surface area contributed by atoms with Crippen molar-refractivity contribution in [2.24, 2.45) is 0 Å². The molecule has 0 fully saturated rings. The van der Waals surface area contributed by atoms with Crippen LogP contribution in [0.4, 0.5) is 13.2 Å². The predicted octanol–water partition coefficient (Wildman–Crippen LogP) is 6.28. The molecule has 25 heavy (non-hydrogen) atoms. The van der Waals surface area contributed by atoms with Crippen LogP contribution < -0.4 is 4.74 Å². The van der Waals surface area contributed by atoms with Crippen molar-refractivity contribution in [1.82, 2.24) is 0 Å². The monoisotopic (exact) mass is 344 g/mol. The van der Waals surface area contributed by atoms with E-state index in [1.807, 2.05) is 12.1 Å². The summed E-state index contributed by atoms with van der Waals surface area (Å²) >= 11 is 0. The number of methoxy groups -OCH3 is 1. The van der Waals surface area contributed by atoms with Crippen molar-refractivity contribution < 1.29 is 17.9 Å². The van der Waals surface area contributed by atoms with E-state index >= 15 is 0 Å². The van der Waals surface area contributed by atoms with Crippen molar-refractivity contribution in [3.8, 4) is 16.9 Å². The minimum Gasteiger partial charge on any atom is -0.491 e. The maximum atomic E-state index is 14.9. The lowest BCUT2D eigenvalue weighted by Gasteiger charge is -2.11. The maximum Gasteiger partial charge on any atom is 0.190 e. The van der Waals surface area contributed by atoms with E-state index in [1.165, 1.54) is 7.11 Å². The van der Waals surface area contributed by atoms with E-state index in [-0.39, 0.29) is 11.1 Å². The lowest BCUT2D eigenvalue weighted by atomic mass is 9.97. The molecule has 0 aromatic heterocycles. The van der Waals surface area contributed by atoms with Crippen LogP contribution in [0.3, 0.4) is 0 Å². The van der Waals surface area contributed by atoms with Gasteiger partial charge in [-0.25, -0.2) is 13.2 Å². The van der Waals surface area contributed by atoms with Gasteiger partial charge in [-0.3, -0.25) is 0 Å². The zero-order valence-electron chi connectivity index (χ0n) is 14.2. The molecule has 4 heteroatoms. The molecule has 0 spiro atoms. The topological polar surface area (TPSA) is 9.23 Å². The second-order valence-corrected chi connectivity index (χ2v) is 6.06. The molecule has 0 bridgehead atoms. The van der Waals surface area contributed by atoms with Gasteiger partial charge in [-0.05, 0) is 41.5 Å². The van der Waals surface area contributed by atoms with Gasteiger partial charge in [-0.2, -0.15) is 0 Å². The molecule has 1 nitrogen and oxygen atoms in total. The molecule has 0 saturated heterocycles. The van der Waals surface area contributed by atoms with Crippen LogP contribution in [0.5, 0.6) is 5.75 Å². The van der Waals surface area contributed by atoms with Crippen LogP contribution in [0, 0.1) is 17.5 Å². The Bertz CT molecular complexity index is 895. The first-order chi connectivity index (χ1) is 12.0. The summed E-state index contributed by atoms with van der Waals surface area (Å²) in [5.41, 5.74) is 1.46. The summed E-state index contributed by atoms with van der Waals surface area (Å²) in [6, 6.07) is 11.1. The molecule has 130 valence electrons. The lowest BCUT2D eigenvalue weighted by molar-refractivity contribution is 0.360. The Labute approximate surface area is 145 Å². The van der Waals surface area contributed by atoms with Gasteiger partial charge in [0.2, 0.25) is 0 Å². The number of rotatable bonds is 5. The van der Waals surface area contributed by atoms with Crippen LogP contribution in [0.25, 0.3) is 21.9 Å². The van der Waals surface area contributed by atoms with Gasteiger partial charge in [-0.1, -0.05) is 43.7 Å². The van der Waals surface area contributed by atoms with Crippen LogP contribution in [0.15, 0.2) is 42.5 Å². The smallest absolute Gasteiger partial charge is 0.190 e. The quantitative estimate of drug-likeness (QED) is 0.529. The molecule has 0 aliphatic rings. The molecule has 3 aromatic carbocycles. The molecule has 0 N–H and O–H groups in total. The second kappa shape index (κ2) is 7.18. The Morgan fingerprint density at radius 2 is 1.64 bits per heavy atom. The number of ether oxygens (including phenoxy) is 1. The third kappa shape index (κ3) is 3.34. The molecule has 3 aromatic rings. The van der Waals surface area contributed by atoms with Crippen LogP contribution in [-0.2, 0) is 6.42 Å². The van der Waals surface area contributed by atoms with Crippen molar-refractivity contribution >= 4 is 10.8 Å². The van der Waals surface area contributed by atoms with Crippen LogP contribution >= 0.6 is 0 Å². The normalized spacial score (nSPS) is 11.1. The largest absolute Gasteiger partial charge is 0.491 e. The first kappa shape index (κ1) is 17.3. The van der Waals surface area contributed by atoms with Crippen molar-refractivity contribution in [2.75, 3.05) is 7.11 Å². The fourth-order valence-electron chi connectivity index (χ4n) is 3.01. The minimum absolute atomic E-state index is 0.144. The van der Waals surface area contributed by atoms with Gasteiger partial charge in [0.05, 0.1) is 7.11 Å². The summed E-state index contributed by atoms with van der Waals surface area (Å²) in [7, 11) is 1.19. The number of unbranched alkanes of at least 4 members (excludes halogenated alkanes) is 1. The average molecular weight is 344 g/mol. The lowest BCUT2D eigenvalue weighted by Crippen LogP contribution is -1.95. The maximum absolute atomic E-state index is 14.9. The van der Waals surface area contributed by atoms with Crippen LogP contribution in [0.2, 0.25) is 0 Å². The minimum atomic E-state index is -0.855. The fraction of sp³-hybridized carbons (Fsp3) is 0.238. The molecule has 0 heterocycles. The van der Waals surface area contributed by atoms with E-state index in [0.29, 0.717) is 5.39 Å². The molecule has 0 saturated carbocycles. The highest BCUT2D eigenvalue weighted by molar-refractivity contribution is 5.88. The fourth-order valence-corrected chi connectivity index (χ4v) is 3.01. The number of hydrogen-bond donors (Lipinski definition) is 0. The SMILES string of the molecule is CCCCc1ccc2c(F)c(-c3cc(F)c(OC)c(F)c3)ccc2c1. The second-order valence-electron chi connectivity index (χ2n) is 6.06.